The molecule has 4 rings (SSSR count). The van der Waals surface area contributed by atoms with Crippen LogP contribution in [-0.4, -0.2) is 79.8 Å². The topological polar surface area (TPSA) is 109 Å². The Balaban J connectivity index is 1.47. The number of aliphatic carboxylic acids is 1. The lowest BCUT2D eigenvalue weighted by molar-refractivity contribution is -0.136. The molecule has 2 unspecified atom stereocenters. The first-order chi connectivity index (χ1) is 17.4. The molecule has 9 nitrogen and oxygen atoms in total. The minimum atomic E-state index is -0.948. The van der Waals surface area contributed by atoms with Gasteiger partial charge in [0, 0.05) is 32.7 Å². The summed E-state index contributed by atoms with van der Waals surface area (Å²) in [4.78, 5) is 26.4. The van der Waals surface area contributed by atoms with Gasteiger partial charge in [0.15, 0.2) is 0 Å². The summed E-state index contributed by atoms with van der Waals surface area (Å²) in [6.07, 6.45) is 0.279. The van der Waals surface area contributed by atoms with Crippen molar-refractivity contribution in [3.05, 3.63) is 59.2 Å². The van der Waals surface area contributed by atoms with E-state index in [4.69, 9.17) is 19.3 Å². The van der Waals surface area contributed by atoms with Crippen LogP contribution in [0.3, 0.4) is 0 Å². The summed E-state index contributed by atoms with van der Waals surface area (Å²) < 4.78 is 17.4. The second-order valence-corrected chi connectivity index (χ2v) is 9.27. The number of hydrogen-bond donors (Lipinski definition) is 2. The molecule has 2 aliphatic heterocycles. The van der Waals surface area contributed by atoms with Gasteiger partial charge in [-0.05, 0) is 41.7 Å². The Morgan fingerprint density at radius 3 is 2.58 bits per heavy atom. The highest BCUT2D eigenvalue weighted by atomic mass is 16.5. The van der Waals surface area contributed by atoms with Crippen molar-refractivity contribution in [3.63, 3.8) is 0 Å². The fourth-order valence-electron chi connectivity index (χ4n) is 4.94. The van der Waals surface area contributed by atoms with E-state index in [2.05, 4.69) is 11.0 Å². The van der Waals surface area contributed by atoms with Crippen LogP contribution in [-0.2, 0) is 27.3 Å². The molecule has 0 spiro atoms. The van der Waals surface area contributed by atoms with E-state index >= 15 is 0 Å². The van der Waals surface area contributed by atoms with Gasteiger partial charge < -0.3 is 34.2 Å². The molecular formula is C27H34N2O7. The molecule has 0 bridgehead atoms. The van der Waals surface area contributed by atoms with Crippen molar-refractivity contribution in [3.8, 4) is 5.75 Å². The third-order valence-corrected chi connectivity index (χ3v) is 6.82. The zero-order valence-corrected chi connectivity index (χ0v) is 20.6. The average molecular weight is 499 g/mol. The van der Waals surface area contributed by atoms with Crippen LogP contribution < -0.4 is 9.64 Å². The van der Waals surface area contributed by atoms with Gasteiger partial charge in [-0.25, -0.2) is 4.79 Å². The largest absolute Gasteiger partial charge is 0.490 e. The molecule has 9 heteroatoms. The molecular weight excluding hydrogens is 464 g/mol. The van der Waals surface area contributed by atoms with E-state index in [9.17, 15) is 14.7 Å². The predicted molar refractivity (Wildman–Crippen MR) is 134 cm³/mol. The predicted octanol–water partition coefficient (Wildman–Crippen LogP) is 3.60. The second-order valence-electron chi connectivity index (χ2n) is 9.27. The number of fused-ring (bicyclic) bond motifs is 1. The minimum absolute atomic E-state index is 0.0194. The number of methoxy groups -OCH3 is 1. The first-order valence-corrected chi connectivity index (χ1v) is 12.3. The summed E-state index contributed by atoms with van der Waals surface area (Å²) in [5.41, 5.74) is 3.80. The van der Waals surface area contributed by atoms with Crippen LogP contribution in [0.25, 0.3) is 0 Å². The Morgan fingerprint density at radius 1 is 1.08 bits per heavy atom. The number of carbonyl (C=O) groups is 2. The van der Waals surface area contributed by atoms with Crippen molar-refractivity contribution in [2.24, 2.45) is 0 Å². The number of carboxylic acid groups (broad SMARTS) is 2. The van der Waals surface area contributed by atoms with Gasteiger partial charge in [0.05, 0.1) is 37.9 Å². The Hall–Kier alpha value is -3.30. The van der Waals surface area contributed by atoms with Crippen LogP contribution in [0.2, 0.25) is 0 Å². The van der Waals surface area contributed by atoms with Crippen LogP contribution in [0, 0.1) is 0 Å². The number of hydrogen-bond acceptors (Lipinski definition) is 6. The van der Waals surface area contributed by atoms with E-state index in [1.54, 1.807) is 7.11 Å². The summed E-state index contributed by atoms with van der Waals surface area (Å²) in [6.45, 7) is 4.12. The van der Waals surface area contributed by atoms with Gasteiger partial charge >= 0.3 is 12.1 Å². The van der Waals surface area contributed by atoms with E-state index in [-0.39, 0.29) is 25.0 Å². The zero-order valence-electron chi connectivity index (χ0n) is 20.6. The van der Waals surface area contributed by atoms with Gasteiger partial charge in [-0.3, -0.25) is 4.79 Å². The second kappa shape index (κ2) is 12.1. The molecule has 2 aliphatic rings. The number of nitrogens with zero attached hydrogens (tertiary/aromatic N) is 2. The molecule has 2 heterocycles. The standard InChI is InChI=1S/C27H34N2O7/c1-34-13-2-10-28-12-14-35-24-8-5-20(15-23(24)28)18-36-25-17-29(27(32)33)11-9-22(25)21-6-3-19(4-7-21)16-26(30)31/h3-8,15,22,25H,2,9-14,16-18H2,1H3,(H,30,31)(H,32,33). The number of rotatable bonds is 10. The fourth-order valence-corrected chi connectivity index (χ4v) is 4.94. The summed E-state index contributed by atoms with van der Waals surface area (Å²) >= 11 is 0. The molecule has 2 aromatic carbocycles. The fraction of sp³-hybridized carbons (Fsp3) is 0.481. The van der Waals surface area contributed by atoms with Gasteiger partial charge in [0.2, 0.25) is 0 Å². The maximum absolute atomic E-state index is 11.7. The first-order valence-electron chi connectivity index (χ1n) is 12.3. The van der Waals surface area contributed by atoms with Crippen LogP contribution in [0.4, 0.5) is 10.5 Å². The van der Waals surface area contributed by atoms with Crippen molar-refractivity contribution in [2.75, 3.05) is 51.4 Å². The highest BCUT2D eigenvalue weighted by Crippen LogP contribution is 2.35. The molecule has 2 aromatic rings. The third kappa shape index (κ3) is 6.47. The number of piperidine rings is 1. The molecule has 194 valence electrons. The van der Waals surface area contributed by atoms with Crippen molar-refractivity contribution in [1.82, 2.24) is 4.90 Å². The highest BCUT2D eigenvalue weighted by molar-refractivity contribution is 5.70. The number of anilines is 1. The maximum atomic E-state index is 11.7. The molecule has 0 aromatic heterocycles. The number of amides is 1. The van der Waals surface area contributed by atoms with E-state index in [1.165, 1.54) is 4.90 Å². The van der Waals surface area contributed by atoms with Crippen molar-refractivity contribution in [1.29, 1.82) is 0 Å². The molecule has 0 aliphatic carbocycles. The molecule has 2 atom stereocenters. The molecule has 1 saturated heterocycles. The van der Waals surface area contributed by atoms with Gasteiger partial charge in [0.25, 0.3) is 0 Å². The van der Waals surface area contributed by atoms with Gasteiger partial charge in [-0.2, -0.15) is 0 Å². The maximum Gasteiger partial charge on any atom is 0.407 e. The number of benzene rings is 2. The molecule has 2 N–H and O–H groups in total. The van der Waals surface area contributed by atoms with Gasteiger partial charge in [0.1, 0.15) is 12.4 Å². The van der Waals surface area contributed by atoms with Gasteiger partial charge in [-0.1, -0.05) is 30.3 Å². The summed E-state index contributed by atoms with van der Waals surface area (Å²) in [7, 11) is 1.71. The lowest BCUT2D eigenvalue weighted by atomic mass is 9.86. The zero-order chi connectivity index (χ0) is 25.5. The van der Waals surface area contributed by atoms with Crippen molar-refractivity contribution in [2.45, 2.75) is 37.9 Å². The number of ether oxygens (including phenoxy) is 3. The number of likely N-dealkylation sites (tertiary alicyclic amines) is 1. The van der Waals surface area contributed by atoms with Crippen molar-refractivity contribution >= 4 is 17.7 Å². The highest BCUT2D eigenvalue weighted by Gasteiger charge is 2.33. The monoisotopic (exact) mass is 498 g/mol. The normalized spacial score (nSPS) is 19.5. The van der Waals surface area contributed by atoms with Crippen LogP contribution in [0.1, 0.15) is 35.4 Å². The third-order valence-electron chi connectivity index (χ3n) is 6.82. The SMILES string of the molecule is COCCCN1CCOc2ccc(COC3CN(C(=O)O)CCC3c3ccc(CC(=O)O)cc3)cc21. The summed E-state index contributed by atoms with van der Waals surface area (Å²) in [6, 6.07) is 13.6. The smallest absolute Gasteiger partial charge is 0.407 e. The van der Waals surface area contributed by atoms with Crippen LogP contribution >= 0.6 is 0 Å². The quantitative estimate of drug-likeness (QED) is 0.479. The molecule has 1 amide bonds. The Labute approximate surface area is 211 Å². The van der Waals surface area contributed by atoms with Crippen LogP contribution in [0.5, 0.6) is 5.75 Å². The molecule has 1 fully saturated rings. The van der Waals surface area contributed by atoms with Crippen molar-refractivity contribution < 1.29 is 34.0 Å². The summed E-state index contributed by atoms with van der Waals surface area (Å²) in [5.74, 6) is 0.00822. The Kier molecular flexibility index (Phi) is 8.66. The van der Waals surface area contributed by atoms with Gasteiger partial charge in [-0.15, -0.1) is 0 Å². The Morgan fingerprint density at radius 2 is 1.86 bits per heavy atom. The minimum Gasteiger partial charge on any atom is -0.490 e. The molecule has 0 saturated carbocycles. The first kappa shape index (κ1) is 25.8. The molecule has 36 heavy (non-hydrogen) atoms. The van der Waals surface area contributed by atoms with E-state index in [0.717, 1.165) is 47.6 Å². The number of carboxylic acids is 1. The lowest BCUT2D eigenvalue weighted by Gasteiger charge is -2.37. The Bertz CT molecular complexity index is 1040. The molecule has 0 radical (unpaired) electrons. The van der Waals surface area contributed by atoms with E-state index in [1.807, 2.05) is 36.4 Å². The lowest BCUT2D eigenvalue weighted by Crippen LogP contribution is -2.46. The average Bonchev–Trinajstić information content (AvgIpc) is 2.87. The summed E-state index contributed by atoms with van der Waals surface area (Å²) in [5, 5.41) is 18.6. The van der Waals surface area contributed by atoms with E-state index in [0.29, 0.717) is 32.8 Å². The van der Waals surface area contributed by atoms with E-state index < -0.39 is 12.1 Å². The van der Waals surface area contributed by atoms with Crippen LogP contribution in [0.15, 0.2) is 42.5 Å².